The molecule has 1 aromatic heterocycles. The van der Waals surface area contributed by atoms with Gasteiger partial charge in [0.15, 0.2) is 0 Å². The number of hydrogen-bond donors (Lipinski definition) is 0. The van der Waals surface area contributed by atoms with E-state index in [1.165, 1.54) is 19.2 Å². The molecule has 0 aliphatic carbocycles. The van der Waals surface area contributed by atoms with Gasteiger partial charge in [-0.1, -0.05) is 13.0 Å². The van der Waals surface area contributed by atoms with Gasteiger partial charge in [-0.15, -0.1) is 0 Å². The van der Waals surface area contributed by atoms with Crippen LogP contribution in [-0.2, 0) is 20.9 Å². The number of pyridine rings is 1. The average Bonchev–Trinajstić information content (AvgIpc) is 2.44. The lowest BCUT2D eigenvalue weighted by atomic mass is 10.1. The van der Waals surface area contributed by atoms with E-state index in [9.17, 15) is 22.8 Å². The van der Waals surface area contributed by atoms with Gasteiger partial charge < -0.3 is 9.64 Å². The van der Waals surface area contributed by atoms with E-state index in [2.05, 4.69) is 9.72 Å². The number of aromatic nitrogens is 1. The maximum atomic E-state index is 12.6. The van der Waals surface area contributed by atoms with Crippen molar-refractivity contribution in [3.8, 4) is 0 Å². The summed E-state index contributed by atoms with van der Waals surface area (Å²) in [6, 6.07) is 4.71. The Morgan fingerprint density at radius 3 is 2.52 bits per heavy atom. The van der Waals surface area contributed by atoms with Crippen molar-refractivity contribution in [2.45, 2.75) is 19.6 Å². The monoisotopic (exact) mass is 304 g/mol. The van der Waals surface area contributed by atoms with E-state index in [0.717, 1.165) is 7.11 Å². The summed E-state index contributed by atoms with van der Waals surface area (Å²) in [5, 5.41) is 0. The number of halogens is 3. The van der Waals surface area contributed by atoms with Crippen LogP contribution in [0.3, 0.4) is 0 Å². The van der Waals surface area contributed by atoms with E-state index >= 15 is 0 Å². The molecule has 1 aromatic rings. The van der Waals surface area contributed by atoms with Crippen molar-refractivity contribution in [3.05, 3.63) is 30.1 Å². The van der Waals surface area contributed by atoms with Crippen LogP contribution in [0.1, 0.15) is 12.6 Å². The number of esters is 1. The van der Waals surface area contributed by atoms with Crippen LogP contribution in [0, 0.1) is 5.92 Å². The molecule has 1 unspecified atom stereocenters. The van der Waals surface area contributed by atoms with E-state index in [1.54, 1.807) is 12.1 Å². The van der Waals surface area contributed by atoms with Gasteiger partial charge in [0.2, 0.25) is 0 Å². The van der Waals surface area contributed by atoms with Crippen LogP contribution < -0.4 is 0 Å². The first-order valence-electron chi connectivity index (χ1n) is 6.09. The van der Waals surface area contributed by atoms with Crippen molar-refractivity contribution in [3.63, 3.8) is 0 Å². The maximum absolute atomic E-state index is 12.6. The number of ether oxygens (including phenoxy) is 1. The summed E-state index contributed by atoms with van der Waals surface area (Å²) in [6.45, 7) is 0.656. The lowest BCUT2D eigenvalue weighted by Gasteiger charge is -2.25. The number of methoxy groups -OCH3 is 1. The second-order valence-corrected chi connectivity index (χ2v) is 4.43. The Morgan fingerprint density at radius 1 is 1.38 bits per heavy atom. The summed E-state index contributed by atoms with van der Waals surface area (Å²) in [4.78, 5) is 27.2. The van der Waals surface area contributed by atoms with Gasteiger partial charge in [-0.05, 0) is 12.1 Å². The highest BCUT2D eigenvalue weighted by atomic mass is 19.4. The molecule has 0 spiro atoms. The molecule has 0 saturated heterocycles. The van der Waals surface area contributed by atoms with Crippen molar-refractivity contribution in [1.29, 1.82) is 0 Å². The number of amides is 1. The van der Waals surface area contributed by atoms with E-state index in [0.29, 0.717) is 10.6 Å². The van der Waals surface area contributed by atoms with Gasteiger partial charge in [-0.3, -0.25) is 14.6 Å². The second-order valence-electron chi connectivity index (χ2n) is 4.43. The smallest absolute Gasteiger partial charge is 0.469 e. The van der Waals surface area contributed by atoms with E-state index in [1.807, 2.05) is 0 Å². The SMILES string of the molecule is COC(=O)C(C)CN(Cc1ccccn1)C(=O)C(F)(F)F. The zero-order valence-electron chi connectivity index (χ0n) is 11.6. The second kappa shape index (κ2) is 7.05. The number of hydrogen-bond acceptors (Lipinski definition) is 4. The molecular weight excluding hydrogens is 289 g/mol. The van der Waals surface area contributed by atoms with Gasteiger partial charge in [-0.2, -0.15) is 13.2 Å². The molecule has 1 heterocycles. The fourth-order valence-corrected chi connectivity index (χ4v) is 1.69. The molecule has 0 N–H and O–H groups in total. The van der Waals surface area contributed by atoms with Crippen LogP contribution in [0.5, 0.6) is 0 Å². The third-order valence-electron chi connectivity index (χ3n) is 2.71. The van der Waals surface area contributed by atoms with Gasteiger partial charge in [-0.25, -0.2) is 0 Å². The predicted octanol–water partition coefficient (Wildman–Crippen LogP) is 1.78. The first kappa shape index (κ1) is 16.9. The molecule has 0 fully saturated rings. The van der Waals surface area contributed by atoms with Gasteiger partial charge in [0.05, 0.1) is 25.3 Å². The molecule has 0 aliphatic heterocycles. The van der Waals surface area contributed by atoms with E-state index in [-0.39, 0.29) is 6.54 Å². The molecule has 0 aliphatic rings. The topological polar surface area (TPSA) is 59.5 Å². The molecule has 0 bridgehead atoms. The van der Waals surface area contributed by atoms with Gasteiger partial charge in [0.1, 0.15) is 0 Å². The van der Waals surface area contributed by atoms with Crippen LogP contribution in [-0.4, -0.2) is 41.6 Å². The highest BCUT2D eigenvalue weighted by Gasteiger charge is 2.43. The Hall–Kier alpha value is -2.12. The molecule has 5 nitrogen and oxygen atoms in total. The summed E-state index contributed by atoms with van der Waals surface area (Å²) < 4.78 is 42.3. The van der Waals surface area contributed by atoms with Crippen molar-refractivity contribution in [1.82, 2.24) is 9.88 Å². The molecule has 1 rings (SSSR count). The molecule has 21 heavy (non-hydrogen) atoms. The third kappa shape index (κ3) is 5.05. The zero-order chi connectivity index (χ0) is 16.0. The normalized spacial score (nSPS) is 12.6. The largest absolute Gasteiger partial charge is 0.471 e. The lowest BCUT2D eigenvalue weighted by Crippen LogP contribution is -2.44. The Bertz CT molecular complexity index is 491. The van der Waals surface area contributed by atoms with Gasteiger partial charge in [0.25, 0.3) is 0 Å². The average molecular weight is 304 g/mol. The Labute approximate surface area is 119 Å². The number of carbonyl (C=O) groups is 2. The standard InChI is InChI=1S/C13H15F3N2O3/c1-9(11(19)21-2)7-18(12(20)13(14,15)16)8-10-5-3-4-6-17-10/h3-6,9H,7-8H2,1-2H3. The zero-order valence-corrected chi connectivity index (χ0v) is 11.6. The quantitative estimate of drug-likeness (QED) is 0.778. The van der Waals surface area contributed by atoms with Crippen molar-refractivity contribution < 1.29 is 27.5 Å². The van der Waals surface area contributed by atoms with Crippen molar-refractivity contribution in [2.75, 3.05) is 13.7 Å². The molecule has 1 amide bonds. The minimum atomic E-state index is -5.01. The summed E-state index contributed by atoms with van der Waals surface area (Å²) in [5.74, 6) is -3.56. The summed E-state index contributed by atoms with van der Waals surface area (Å²) in [7, 11) is 1.13. The molecule has 0 radical (unpaired) electrons. The summed E-state index contributed by atoms with van der Waals surface area (Å²) in [6.07, 6.45) is -3.60. The molecule has 8 heteroatoms. The van der Waals surface area contributed by atoms with Crippen LogP contribution >= 0.6 is 0 Å². The van der Waals surface area contributed by atoms with E-state index in [4.69, 9.17) is 0 Å². The molecule has 116 valence electrons. The fourth-order valence-electron chi connectivity index (χ4n) is 1.69. The van der Waals surface area contributed by atoms with Crippen LogP contribution in [0.2, 0.25) is 0 Å². The molecule has 0 aromatic carbocycles. The molecule has 1 atom stereocenters. The van der Waals surface area contributed by atoms with E-state index < -0.39 is 30.5 Å². The number of nitrogens with zero attached hydrogens (tertiary/aromatic N) is 2. The fraction of sp³-hybridized carbons (Fsp3) is 0.462. The van der Waals surface area contributed by atoms with Crippen LogP contribution in [0.25, 0.3) is 0 Å². The first-order valence-corrected chi connectivity index (χ1v) is 6.09. The highest BCUT2D eigenvalue weighted by Crippen LogP contribution is 2.20. The minimum Gasteiger partial charge on any atom is -0.469 e. The van der Waals surface area contributed by atoms with Gasteiger partial charge in [0, 0.05) is 12.7 Å². The van der Waals surface area contributed by atoms with Crippen LogP contribution in [0.15, 0.2) is 24.4 Å². The highest BCUT2D eigenvalue weighted by molar-refractivity contribution is 5.82. The Kier molecular flexibility index (Phi) is 5.69. The summed E-state index contributed by atoms with van der Waals surface area (Å²) in [5.41, 5.74) is 0.298. The number of carbonyl (C=O) groups excluding carboxylic acids is 2. The Morgan fingerprint density at radius 2 is 2.05 bits per heavy atom. The number of rotatable bonds is 5. The third-order valence-corrected chi connectivity index (χ3v) is 2.71. The predicted molar refractivity (Wildman–Crippen MR) is 66.9 cm³/mol. The number of alkyl halides is 3. The van der Waals surface area contributed by atoms with Crippen molar-refractivity contribution in [2.24, 2.45) is 5.92 Å². The molecular formula is C13H15F3N2O3. The summed E-state index contributed by atoms with van der Waals surface area (Å²) >= 11 is 0. The minimum absolute atomic E-state index is 0.298. The maximum Gasteiger partial charge on any atom is 0.471 e. The van der Waals surface area contributed by atoms with Gasteiger partial charge >= 0.3 is 18.1 Å². The molecule has 0 saturated carbocycles. The van der Waals surface area contributed by atoms with Crippen molar-refractivity contribution >= 4 is 11.9 Å². The first-order chi connectivity index (χ1) is 9.75. The Balaban J connectivity index is 2.90. The lowest BCUT2D eigenvalue weighted by molar-refractivity contribution is -0.187. The van der Waals surface area contributed by atoms with Crippen LogP contribution in [0.4, 0.5) is 13.2 Å².